The Morgan fingerprint density at radius 1 is 1.55 bits per heavy atom. The Labute approximate surface area is 127 Å². The van der Waals surface area contributed by atoms with Gasteiger partial charge in [-0.05, 0) is 31.7 Å². The van der Waals surface area contributed by atoms with E-state index in [4.69, 9.17) is 5.73 Å². The molecule has 4 nitrogen and oxygen atoms in total. The molecule has 2 aromatic heterocycles. The number of hydrogen-bond donors (Lipinski definition) is 2. The molecule has 0 aliphatic carbocycles. The molecule has 2 aromatic rings. The molecular formula is C14H19N3OS2. The molecule has 0 bridgehead atoms. The Balaban J connectivity index is 2.33. The number of carbonyl (C=O) groups excluding carboxylic acids is 1. The summed E-state index contributed by atoms with van der Waals surface area (Å²) in [5.74, 6) is -0.108. The van der Waals surface area contributed by atoms with Crippen molar-refractivity contribution >= 4 is 44.9 Å². The van der Waals surface area contributed by atoms with Gasteiger partial charge in [-0.15, -0.1) is 11.3 Å². The SMILES string of the molecule is CSC(C)CNC(=O)c1sc2nc(C)cc(C)c2c1N. The number of thioether (sulfide) groups is 1. The van der Waals surface area contributed by atoms with E-state index in [1.807, 2.05) is 26.2 Å². The third-order valence-electron chi connectivity index (χ3n) is 3.18. The van der Waals surface area contributed by atoms with E-state index in [0.717, 1.165) is 21.5 Å². The average molecular weight is 309 g/mol. The van der Waals surface area contributed by atoms with Crippen molar-refractivity contribution in [3.05, 3.63) is 22.2 Å². The number of amides is 1. The van der Waals surface area contributed by atoms with Crippen LogP contribution in [0, 0.1) is 13.8 Å². The first-order valence-corrected chi connectivity index (χ1v) is 8.51. The second-order valence-electron chi connectivity index (χ2n) is 4.86. The summed E-state index contributed by atoms with van der Waals surface area (Å²) in [5.41, 5.74) is 8.69. The fourth-order valence-electron chi connectivity index (χ4n) is 2.04. The Morgan fingerprint density at radius 2 is 2.25 bits per heavy atom. The van der Waals surface area contributed by atoms with Crippen LogP contribution < -0.4 is 11.1 Å². The predicted octanol–water partition coefficient (Wildman–Crippen LogP) is 2.98. The van der Waals surface area contributed by atoms with E-state index < -0.39 is 0 Å². The van der Waals surface area contributed by atoms with E-state index in [9.17, 15) is 4.79 Å². The topological polar surface area (TPSA) is 68.0 Å². The monoisotopic (exact) mass is 309 g/mol. The van der Waals surface area contributed by atoms with E-state index in [1.54, 1.807) is 11.8 Å². The van der Waals surface area contributed by atoms with Crippen LogP contribution in [0.1, 0.15) is 27.9 Å². The van der Waals surface area contributed by atoms with Crippen molar-refractivity contribution in [1.82, 2.24) is 10.3 Å². The zero-order valence-electron chi connectivity index (χ0n) is 12.1. The summed E-state index contributed by atoms with van der Waals surface area (Å²) >= 11 is 3.09. The van der Waals surface area contributed by atoms with Gasteiger partial charge in [0.15, 0.2) is 0 Å². The van der Waals surface area contributed by atoms with Crippen molar-refractivity contribution in [1.29, 1.82) is 0 Å². The van der Waals surface area contributed by atoms with E-state index in [-0.39, 0.29) is 5.91 Å². The lowest BCUT2D eigenvalue weighted by atomic mass is 10.1. The highest BCUT2D eigenvalue weighted by Crippen LogP contribution is 2.34. The highest BCUT2D eigenvalue weighted by Gasteiger charge is 2.19. The fraction of sp³-hybridized carbons (Fsp3) is 0.429. The fourth-order valence-corrected chi connectivity index (χ4v) is 3.42. The highest BCUT2D eigenvalue weighted by atomic mass is 32.2. The lowest BCUT2D eigenvalue weighted by Gasteiger charge is -2.09. The van der Waals surface area contributed by atoms with Crippen LogP contribution in [0.3, 0.4) is 0 Å². The Kier molecular flexibility index (Phi) is 4.55. The number of fused-ring (bicyclic) bond motifs is 1. The van der Waals surface area contributed by atoms with Crippen LogP contribution in [-0.4, -0.2) is 28.9 Å². The van der Waals surface area contributed by atoms with Crippen LogP contribution >= 0.6 is 23.1 Å². The number of aryl methyl sites for hydroxylation is 2. The Bertz CT molecular complexity index is 651. The summed E-state index contributed by atoms with van der Waals surface area (Å²) < 4.78 is 0. The molecule has 2 rings (SSSR count). The summed E-state index contributed by atoms with van der Waals surface area (Å²) in [6.45, 7) is 6.66. The van der Waals surface area contributed by atoms with Gasteiger partial charge in [0.25, 0.3) is 5.91 Å². The summed E-state index contributed by atoms with van der Waals surface area (Å²) in [6.07, 6.45) is 2.03. The van der Waals surface area contributed by atoms with E-state index >= 15 is 0 Å². The number of rotatable bonds is 4. The van der Waals surface area contributed by atoms with E-state index in [1.165, 1.54) is 11.3 Å². The third kappa shape index (κ3) is 2.91. The smallest absolute Gasteiger partial charge is 0.263 e. The quantitative estimate of drug-likeness (QED) is 0.911. The van der Waals surface area contributed by atoms with Gasteiger partial charge in [0.05, 0.1) is 5.69 Å². The predicted molar refractivity (Wildman–Crippen MR) is 88.8 cm³/mol. The van der Waals surface area contributed by atoms with Gasteiger partial charge >= 0.3 is 0 Å². The second kappa shape index (κ2) is 6.01. The van der Waals surface area contributed by atoms with Gasteiger partial charge in [-0.25, -0.2) is 4.98 Å². The molecule has 2 heterocycles. The molecular weight excluding hydrogens is 290 g/mol. The summed E-state index contributed by atoms with van der Waals surface area (Å²) in [4.78, 5) is 18.1. The van der Waals surface area contributed by atoms with Crippen molar-refractivity contribution in [3.8, 4) is 0 Å². The lowest BCUT2D eigenvalue weighted by Crippen LogP contribution is -2.29. The molecule has 0 saturated carbocycles. The molecule has 6 heteroatoms. The molecule has 1 atom stereocenters. The van der Waals surface area contributed by atoms with Crippen molar-refractivity contribution in [2.45, 2.75) is 26.0 Å². The lowest BCUT2D eigenvalue weighted by molar-refractivity contribution is 0.0959. The van der Waals surface area contributed by atoms with Gasteiger partial charge in [0.2, 0.25) is 0 Å². The summed E-state index contributed by atoms with van der Waals surface area (Å²) in [7, 11) is 0. The van der Waals surface area contributed by atoms with Crippen LogP contribution in [-0.2, 0) is 0 Å². The highest BCUT2D eigenvalue weighted by molar-refractivity contribution is 7.99. The summed E-state index contributed by atoms with van der Waals surface area (Å²) in [5, 5.41) is 4.22. The molecule has 0 radical (unpaired) electrons. The number of aromatic nitrogens is 1. The zero-order valence-corrected chi connectivity index (χ0v) is 13.7. The minimum absolute atomic E-state index is 0.108. The van der Waals surface area contributed by atoms with Gasteiger partial charge in [-0.1, -0.05) is 6.92 Å². The van der Waals surface area contributed by atoms with Crippen molar-refractivity contribution in [2.24, 2.45) is 0 Å². The number of nitrogen functional groups attached to an aromatic ring is 1. The van der Waals surface area contributed by atoms with Gasteiger partial charge in [-0.2, -0.15) is 11.8 Å². The largest absolute Gasteiger partial charge is 0.397 e. The number of anilines is 1. The van der Waals surface area contributed by atoms with Crippen LogP contribution in [0.2, 0.25) is 0 Å². The number of nitrogens with one attached hydrogen (secondary N) is 1. The maximum atomic E-state index is 12.2. The number of nitrogens with two attached hydrogens (primary N) is 1. The minimum atomic E-state index is -0.108. The number of pyridine rings is 1. The number of nitrogens with zero attached hydrogens (tertiary/aromatic N) is 1. The summed E-state index contributed by atoms with van der Waals surface area (Å²) in [6, 6.07) is 1.99. The van der Waals surface area contributed by atoms with Gasteiger partial charge in [-0.3, -0.25) is 4.79 Å². The first-order valence-electron chi connectivity index (χ1n) is 6.41. The number of hydrogen-bond acceptors (Lipinski definition) is 5. The molecule has 0 spiro atoms. The number of carbonyl (C=O) groups is 1. The molecule has 1 amide bonds. The molecule has 3 N–H and O–H groups in total. The van der Waals surface area contributed by atoms with Gasteiger partial charge in [0.1, 0.15) is 9.71 Å². The standard InChI is InChI=1S/C14H19N3OS2/c1-7-5-8(2)17-14-10(7)11(15)12(20-14)13(18)16-6-9(3)19-4/h5,9H,6,15H2,1-4H3,(H,16,18). The Morgan fingerprint density at radius 3 is 2.90 bits per heavy atom. The minimum Gasteiger partial charge on any atom is -0.397 e. The Hall–Kier alpha value is -1.27. The van der Waals surface area contributed by atoms with Crippen LogP contribution in [0.15, 0.2) is 6.07 Å². The van der Waals surface area contributed by atoms with Crippen LogP contribution in [0.4, 0.5) is 5.69 Å². The third-order valence-corrected chi connectivity index (χ3v) is 5.25. The number of thiophene rings is 1. The molecule has 0 aliphatic rings. The molecule has 0 fully saturated rings. The van der Waals surface area contributed by atoms with Crippen molar-refractivity contribution < 1.29 is 4.79 Å². The van der Waals surface area contributed by atoms with E-state index in [0.29, 0.717) is 22.4 Å². The second-order valence-corrected chi connectivity index (χ2v) is 7.14. The maximum Gasteiger partial charge on any atom is 0.263 e. The van der Waals surface area contributed by atoms with E-state index in [2.05, 4.69) is 17.2 Å². The van der Waals surface area contributed by atoms with Crippen molar-refractivity contribution in [3.63, 3.8) is 0 Å². The average Bonchev–Trinajstić information content (AvgIpc) is 2.72. The molecule has 108 valence electrons. The van der Waals surface area contributed by atoms with Crippen LogP contribution in [0.25, 0.3) is 10.2 Å². The first kappa shape index (κ1) is 15.1. The van der Waals surface area contributed by atoms with Crippen molar-refractivity contribution in [2.75, 3.05) is 18.5 Å². The maximum absolute atomic E-state index is 12.2. The van der Waals surface area contributed by atoms with Crippen LogP contribution in [0.5, 0.6) is 0 Å². The van der Waals surface area contributed by atoms with Gasteiger partial charge in [0, 0.05) is 22.9 Å². The normalized spacial score (nSPS) is 12.6. The van der Waals surface area contributed by atoms with Gasteiger partial charge < -0.3 is 11.1 Å². The first-order chi connectivity index (χ1) is 9.43. The molecule has 20 heavy (non-hydrogen) atoms. The molecule has 1 unspecified atom stereocenters. The molecule has 0 aliphatic heterocycles. The zero-order chi connectivity index (χ0) is 14.9. The molecule has 0 saturated heterocycles. The molecule has 0 aromatic carbocycles.